The molecule has 132 valence electrons. The Morgan fingerprint density at radius 2 is 2.00 bits per heavy atom. The molecule has 1 atom stereocenters. The van der Waals surface area contributed by atoms with E-state index in [1.165, 1.54) is 10.9 Å². The summed E-state index contributed by atoms with van der Waals surface area (Å²) >= 11 is 0. The number of carbonyl (C=O) groups is 1. The largest absolute Gasteiger partial charge is 0.381 e. The van der Waals surface area contributed by atoms with Crippen LogP contribution in [-0.2, 0) is 16.0 Å². The number of hydrogen-bond acceptors (Lipinski definition) is 3. The smallest absolute Gasteiger partial charge is 0.228 e. The first kappa shape index (κ1) is 16.5. The summed E-state index contributed by atoms with van der Waals surface area (Å²) in [5, 5.41) is 1.21. The first-order valence-electron chi connectivity index (χ1n) is 9.50. The predicted octanol–water partition coefficient (Wildman–Crippen LogP) is 3.44. The molecule has 0 bridgehead atoms. The minimum atomic E-state index is 0.0903. The molecular weight excluding hydrogens is 312 g/mol. The second kappa shape index (κ2) is 7.52. The van der Waals surface area contributed by atoms with Crippen molar-refractivity contribution in [2.75, 3.05) is 26.3 Å². The van der Waals surface area contributed by atoms with E-state index in [0.29, 0.717) is 18.4 Å². The fourth-order valence-corrected chi connectivity index (χ4v) is 4.19. The van der Waals surface area contributed by atoms with Gasteiger partial charge in [-0.15, -0.1) is 0 Å². The van der Waals surface area contributed by atoms with Crippen LogP contribution in [-0.4, -0.2) is 42.1 Å². The molecule has 0 N–H and O–H groups in total. The standard InChI is InChI=1S/C21H26N2O2/c24-21(19-7-3-13-25-15-19)23-11-8-16(9-12-23)14-18-5-1-4-17-6-2-10-22-20(17)18/h1-2,4-6,10,16,19H,3,7-9,11-15H2/t19-/m0/s1. The van der Waals surface area contributed by atoms with Gasteiger partial charge in [0.15, 0.2) is 0 Å². The van der Waals surface area contributed by atoms with Crippen molar-refractivity contribution in [1.29, 1.82) is 0 Å². The fraction of sp³-hybridized carbons (Fsp3) is 0.524. The number of ether oxygens (including phenoxy) is 1. The van der Waals surface area contributed by atoms with Crippen molar-refractivity contribution in [3.63, 3.8) is 0 Å². The van der Waals surface area contributed by atoms with Crippen LogP contribution in [0.3, 0.4) is 0 Å². The van der Waals surface area contributed by atoms with Gasteiger partial charge in [0.25, 0.3) is 0 Å². The Morgan fingerprint density at radius 3 is 2.80 bits per heavy atom. The second-order valence-electron chi connectivity index (χ2n) is 7.38. The van der Waals surface area contributed by atoms with E-state index in [4.69, 9.17) is 4.74 Å². The highest BCUT2D eigenvalue weighted by atomic mass is 16.5. The van der Waals surface area contributed by atoms with Gasteiger partial charge in [0, 0.05) is 31.3 Å². The molecule has 0 aliphatic carbocycles. The first-order valence-corrected chi connectivity index (χ1v) is 9.50. The average molecular weight is 338 g/mol. The molecule has 2 saturated heterocycles. The minimum Gasteiger partial charge on any atom is -0.381 e. The Hall–Kier alpha value is -1.94. The van der Waals surface area contributed by atoms with Gasteiger partial charge in [-0.1, -0.05) is 24.3 Å². The third-order valence-electron chi connectivity index (χ3n) is 5.66. The van der Waals surface area contributed by atoms with Gasteiger partial charge in [0.05, 0.1) is 18.0 Å². The van der Waals surface area contributed by atoms with Crippen LogP contribution in [0.25, 0.3) is 10.9 Å². The lowest BCUT2D eigenvalue weighted by Gasteiger charge is -2.35. The molecule has 0 radical (unpaired) electrons. The molecule has 1 amide bonds. The van der Waals surface area contributed by atoms with Crippen LogP contribution >= 0.6 is 0 Å². The summed E-state index contributed by atoms with van der Waals surface area (Å²) in [7, 11) is 0. The van der Waals surface area contributed by atoms with Crippen LogP contribution in [0.4, 0.5) is 0 Å². The number of carbonyl (C=O) groups excluding carboxylic acids is 1. The van der Waals surface area contributed by atoms with E-state index in [9.17, 15) is 4.79 Å². The van der Waals surface area contributed by atoms with E-state index in [2.05, 4.69) is 34.1 Å². The SMILES string of the molecule is O=C([C@H]1CCCOC1)N1CCC(Cc2cccc3cccnc23)CC1. The lowest BCUT2D eigenvalue weighted by Crippen LogP contribution is -2.44. The Labute approximate surface area is 149 Å². The van der Waals surface area contributed by atoms with Crippen LogP contribution in [0.2, 0.25) is 0 Å². The number of hydrogen-bond donors (Lipinski definition) is 0. The molecule has 0 saturated carbocycles. The van der Waals surface area contributed by atoms with Gasteiger partial charge in [-0.05, 0) is 49.7 Å². The van der Waals surface area contributed by atoms with Gasteiger partial charge >= 0.3 is 0 Å². The summed E-state index contributed by atoms with van der Waals surface area (Å²) in [6.07, 6.45) is 7.11. The minimum absolute atomic E-state index is 0.0903. The average Bonchev–Trinajstić information content (AvgIpc) is 2.69. The number of nitrogens with zero attached hydrogens (tertiary/aromatic N) is 2. The number of para-hydroxylation sites is 1. The van der Waals surface area contributed by atoms with E-state index in [-0.39, 0.29) is 5.92 Å². The quantitative estimate of drug-likeness (QED) is 0.861. The van der Waals surface area contributed by atoms with Gasteiger partial charge in [0.2, 0.25) is 5.91 Å². The molecule has 3 heterocycles. The molecule has 1 aromatic carbocycles. The number of likely N-dealkylation sites (tertiary alicyclic amines) is 1. The van der Waals surface area contributed by atoms with Crippen molar-refractivity contribution in [2.24, 2.45) is 11.8 Å². The van der Waals surface area contributed by atoms with Crippen molar-refractivity contribution in [1.82, 2.24) is 9.88 Å². The van der Waals surface area contributed by atoms with E-state index in [1.54, 1.807) is 0 Å². The zero-order chi connectivity index (χ0) is 17.1. The molecule has 4 nitrogen and oxygen atoms in total. The van der Waals surface area contributed by atoms with E-state index in [1.807, 2.05) is 12.3 Å². The zero-order valence-electron chi connectivity index (χ0n) is 14.7. The predicted molar refractivity (Wildman–Crippen MR) is 98.3 cm³/mol. The fourth-order valence-electron chi connectivity index (χ4n) is 4.19. The first-order chi connectivity index (χ1) is 12.3. The van der Waals surface area contributed by atoms with Gasteiger partial charge in [-0.2, -0.15) is 0 Å². The van der Waals surface area contributed by atoms with Crippen LogP contribution in [0.1, 0.15) is 31.2 Å². The Bertz CT molecular complexity index is 726. The van der Waals surface area contributed by atoms with Crippen LogP contribution < -0.4 is 0 Å². The molecule has 2 fully saturated rings. The number of piperidine rings is 1. The summed E-state index contributed by atoms with van der Waals surface area (Å²) in [5.41, 5.74) is 2.46. The Balaban J connectivity index is 1.36. The van der Waals surface area contributed by atoms with Crippen LogP contribution in [0.5, 0.6) is 0 Å². The summed E-state index contributed by atoms with van der Waals surface area (Å²) in [5.74, 6) is 1.04. The Kier molecular flexibility index (Phi) is 4.97. The maximum absolute atomic E-state index is 12.6. The molecular formula is C21H26N2O2. The molecule has 2 aromatic rings. The Morgan fingerprint density at radius 1 is 1.16 bits per heavy atom. The van der Waals surface area contributed by atoms with Crippen molar-refractivity contribution in [3.8, 4) is 0 Å². The highest BCUT2D eigenvalue weighted by Gasteiger charge is 2.29. The third kappa shape index (κ3) is 3.69. The topological polar surface area (TPSA) is 42.4 Å². The molecule has 2 aliphatic rings. The monoisotopic (exact) mass is 338 g/mol. The van der Waals surface area contributed by atoms with Gasteiger partial charge in [-0.25, -0.2) is 0 Å². The maximum Gasteiger partial charge on any atom is 0.228 e. The summed E-state index contributed by atoms with van der Waals surface area (Å²) in [6, 6.07) is 10.6. The highest BCUT2D eigenvalue weighted by Crippen LogP contribution is 2.27. The van der Waals surface area contributed by atoms with Crippen molar-refractivity contribution < 1.29 is 9.53 Å². The summed E-state index contributed by atoms with van der Waals surface area (Å²) in [6.45, 7) is 3.20. The number of aromatic nitrogens is 1. The van der Waals surface area contributed by atoms with Crippen molar-refractivity contribution in [2.45, 2.75) is 32.1 Å². The summed E-state index contributed by atoms with van der Waals surface area (Å²) < 4.78 is 5.48. The number of rotatable bonds is 3. The lowest BCUT2D eigenvalue weighted by molar-refractivity contribution is -0.141. The van der Waals surface area contributed by atoms with Crippen LogP contribution in [0.15, 0.2) is 36.5 Å². The highest BCUT2D eigenvalue weighted by molar-refractivity contribution is 5.81. The zero-order valence-corrected chi connectivity index (χ0v) is 14.7. The molecule has 0 unspecified atom stereocenters. The van der Waals surface area contributed by atoms with Crippen molar-refractivity contribution >= 4 is 16.8 Å². The molecule has 1 aromatic heterocycles. The maximum atomic E-state index is 12.6. The number of benzene rings is 1. The molecule has 2 aliphatic heterocycles. The van der Waals surface area contributed by atoms with Gasteiger partial charge in [0.1, 0.15) is 0 Å². The van der Waals surface area contributed by atoms with E-state index < -0.39 is 0 Å². The number of pyridine rings is 1. The number of amides is 1. The van der Waals surface area contributed by atoms with Gasteiger partial charge in [-0.3, -0.25) is 9.78 Å². The third-order valence-corrected chi connectivity index (χ3v) is 5.66. The number of fused-ring (bicyclic) bond motifs is 1. The molecule has 4 heteroatoms. The van der Waals surface area contributed by atoms with E-state index in [0.717, 1.165) is 57.3 Å². The lowest BCUT2D eigenvalue weighted by atomic mass is 9.88. The normalized spacial score (nSPS) is 22.2. The van der Waals surface area contributed by atoms with Crippen LogP contribution in [0, 0.1) is 11.8 Å². The second-order valence-corrected chi connectivity index (χ2v) is 7.38. The summed E-state index contributed by atoms with van der Waals surface area (Å²) in [4.78, 5) is 19.3. The molecule has 4 rings (SSSR count). The van der Waals surface area contributed by atoms with Crippen molar-refractivity contribution in [3.05, 3.63) is 42.1 Å². The van der Waals surface area contributed by atoms with E-state index >= 15 is 0 Å². The molecule has 25 heavy (non-hydrogen) atoms. The van der Waals surface area contributed by atoms with Gasteiger partial charge < -0.3 is 9.64 Å². The molecule has 0 spiro atoms.